The lowest BCUT2D eigenvalue weighted by atomic mass is 9.86. The van der Waals surface area contributed by atoms with E-state index in [2.05, 4.69) is 48.2 Å². The molecule has 4 nitrogen and oxygen atoms in total. The van der Waals surface area contributed by atoms with Crippen LogP contribution in [0.3, 0.4) is 0 Å². The summed E-state index contributed by atoms with van der Waals surface area (Å²) in [6, 6.07) is 10.4. The molecule has 0 saturated heterocycles. The number of hydrogen-bond acceptors (Lipinski definition) is 3. The standard InChI is InChI=1S/C15H22N4/c1-3-15(16,10-13-8-6-5-7-9-13)11-14-17-12-18-19(14)4-2/h5-9,12H,3-4,10-11,16H2,1-2H3. The molecule has 0 radical (unpaired) electrons. The third-order valence-corrected chi connectivity index (χ3v) is 3.61. The smallest absolute Gasteiger partial charge is 0.138 e. The molecule has 2 N–H and O–H groups in total. The van der Waals surface area contributed by atoms with Crippen molar-refractivity contribution >= 4 is 0 Å². The second-order valence-corrected chi connectivity index (χ2v) is 5.05. The summed E-state index contributed by atoms with van der Waals surface area (Å²) in [6.07, 6.45) is 4.14. The lowest BCUT2D eigenvalue weighted by Crippen LogP contribution is -2.44. The van der Waals surface area contributed by atoms with Crippen molar-refractivity contribution in [3.8, 4) is 0 Å². The Morgan fingerprint density at radius 1 is 1.16 bits per heavy atom. The van der Waals surface area contributed by atoms with Crippen molar-refractivity contribution in [2.75, 3.05) is 0 Å². The minimum atomic E-state index is -0.263. The van der Waals surface area contributed by atoms with Crippen molar-refractivity contribution in [2.45, 2.75) is 45.2 Å². The fraction of sp³-hybridized carbons (Fsp3) is 0.467. The van der Waals surface area contributed by atoms with Crippen LogP contribution in [0.15, 0.2) is 36.7 Å². The number of hydrogen-bond donors (Lipinski definition) is 1. The molecule has 2 rings (SSSR count). The van der Waals surface area contributed by atoms with Crippen LogP contribution in [0, 0.1) is 0 Å². The van der Waals surface area contributed by atoms with Crippen LogP contribution in [0.5, 0.6) is 0 Å². The average molecular weight is 258 g/mol. The number of aryl methyl sites for hydroxylation is 1. The van der Waals surface area contributed by atoms with Gasteiger partial charge >= 0.3 is 0 Å². The number of benzene rings is 1. The minimum Gasteiger partial charge on any atom is -0.324 e. The molecule has 0 saturated carbocycles. The number of nitrogens with two attached hydrogens (primary N) is 1. The molecule has 0 aliphatic heterocycles. The molecule has 0 aliphatic carbocycles. The van der Waals surface area contributed by atoms with Gasteiger partial charge in [0.2, 0.25) is 0 Å². The summed E-state index contributed by atoms with van der Waals surface area (Å²) < 4.78 is 1.92. The lowest BCUT2D eigenvalue weighted by molar-refractivity contribution is 0.386. The molecule has 1 heterocycles. The lowest BCUT2D eigenvalue weighted by Gasteiger charge is -2.28. The third kappa shape index (κ3) is 3.41. The van der Waals surface area contributed by atoms with E-state index >= 15 is 0 Å². The molecule has 1 aromatic heterocycles. The topological polar surface area (TPSA) is 56.7 Å². The Bertz CT molecular complexity index is 506. The van der Waals surface area contributed by atoms with Crippen LogP contribution >= 0.6 is 0 Å². The molecule has 1 unspecified atom stereocenters. The largest absolute Gasteiger partial charge is 0.324 e. The summed E-state index contributed by atoms with van der Waals surface area (Å²) in [4.78, 5) is 4.33. The van der Waals surface area contributed by atoms with Crippen molar-refractivity contribution in [3.63, 3.8) is 0 Å². The van der Waals surface area contributed by atoms with Gasteiger partial charge in [-0.25, -0.2) is 4.98 Å². The van der Waals surface area contributed by atoms with Gasteiger partial charge in [-0.1, -0.05) is 37.3 Å². The number of nitrogens with zero attached hydrogens (tertiary/aromatic N) is 3. The van der Waals surface area contributed by atoms with Gasteiger partial charge in [-0.3, -0.25) is 4.68 Å². The Balaban J connectivity index is 2.14. The Labute approximate surface area is 114 Å². The number of rotatable bonds is 6. The first-order valence-electron chi connectivity index (χ1n) is 6.86. The Hall–Kier alpha value is -1.68. The molecule has 0 spiro atoms. The molecule has 19 heavy (non-hydrogen) atoms. The SMILES string of the molecule is CCn1ncnc1CC(N)(CC)Cc1ccccc1. The predicted molar refractivity (Wildman–Crippen MR) is 76.8 cm³/mol. The molecule has 0 bridgehead atoms. The molecule has 2 aromatic rings. The van der Waals surface area contributed by atoms with Gasteiger partial charge in [0, 0.05) is 18.5 Å². The van der Waals surface area contributed by atoms with Crippen LogP contribution in [0.1, 0.15) is 31.7 Å². The van der Waals surface area contributed by atoms with Crippen LogP contribution in [0.25, 0.3) is 0 Å². The molecule has 0 fully saturated rings. The minimum absolute atomic E-state index is 0.263. The van der Waals surface area contributed by atoms with E-state index in [4.69, 9.17) is 5.73 Å². The maximum Gasteiger partial charge on any atom is 0.138 e. The van der Waals surface area contributed by atoms with E-state index in [9.17, 15) is 0 Å². The van der Waals surface area contributed by atoms with E-state index < -0.39 is 0 Å². The predicted octanol–water partition coefficient (Wildman–Crippen LogP) is 2.19. The van der Waals surface area contributed by atoms with E-state index in [1.54, 1.807) is 6.33 Å². The maximum absolute atomic E-state index is 6.56. The van der Waals surface area contributed by atoms with Crippen molar-refractivity contribution in [1.29, 1.82) is 0 Å². The molecular formula is C15H22N4. The molecular weight excluding hydrogens is 236 g/mol. The normalized spacial score (nSPS) is 14.3. The van der Waals surface area contributed by atoms with E-state index in [1.165, 1.54) is 5.56 Å². The van der Waals surface area contributed by atoms with Crippen LogP contribution < -0.4 is 5.73 Å². The first-order valence-corrected chi connectivity index (χ1v) is 6.86. The fourth-order valence-corrected chi connectivity index (χ4v) is 2.32. The van der Waals surface area contributed by atoms with Crippen LogP contribution in [-0.2, 0) is 19.4 Å². The highest BCUT2D eigenvalue weighted by molar-refractivity contribution is 5.18. The molecule has 4 heteroatoms. The first-order chi connectivity index (χ1) is 9.17. The average Bonchev–Trinajstić information content (AvgIpc) is 2.86. The summed E-state index contributed by atoms with van der Waals surface area (Å²) >= 11 is 0. The monoisotopic (exact) mass is 258 g/mol. The van der Waals surface area contributed by atoms with Crippen molar-refractivity contribution < 1.29 is 0 Å². The second-order valence-electron chi connectivity index (χ2n) is 5.05. The highest BCUT2D eigenvalue weighted by Gasteiger charge is 2.26. The zero-order valence-electron chi connectivity index (χ0n) is 11.7. The maximum atomic E-state index is 6.56. The quantitative estimate of drug-likeness (QED) is 0.864. The Morgan fingerprint density at radius 2 is 1.89 bits per heavy atom. The highest BCUT2D eigenvalue weighted by Crippen LogP contribution is 2.19. The summed E-state index contributed by atoms with van der Waals surface area (Å²) in [5, 5.41) is 4.21. The van der Waals surface area contributed by atoms with Gasteiger partial charge in [0.15, 0.2) is 0 Å². The van der Waals surface area contributed by atoms with Crippen molar-refractivity contribution in [3.05, 3.63) is 48.0 Å². The number of aromatic nitrogens is 3. The van der Waals surface area contributed by atoms with Gasteiger partial charge in [0.25, 0.3) is 0 Å². The van der Waals surface area contributed by atoms with E-state index in [1.807, 2.05) is 10.7 Å². The molecule has 0 aliphatic rings. The van der Waals surface area contributed by atoms with Crippen LogP contribution in [0.2, 0.25) is 0 Å². The molecule has 1 aromatic carbocycles. The third-order valence-electron chi connectivity index (χ3n) is 3.61. The summed E-state index contributed by atoms with van der Waals surface area (Å²) in [6.45, 7) is 5.04. The highest BCUT2D eigenvalue weighted by atomic mass is 15.3. The summed E-state index contributed by atoms with van der Waals surface area (Å²) in [5.74, 6) is 0.975. The van der Waals surface area contributed by atoms with Gasteiger partial charge < -0.3 is 5.73 Å². The van der Waals surface area contributed by atoms with Gasteiger partial charge in [0.05, 0.1) is 0 Å². The summed E-state index contributed by atoms with van der Waals surface area (Å²) in [5.41, 5.74) is 7.57. The van der Waals surface area contributed by atoms with Crippen molar-refractivity contribution in [2.24, 2.45) is 5.73 Å². The van der Waals surface area contributed by atoms with Crippen molar-refractivity contribution in [1.82, 2.24) is 14.8 Å². The van der Waals surface area contributed by atoms with Crippen LogP contribution in [-0.4, -0.2) is 20.3 Å². The van der Waals surface area contributed by atoms with Gasteiger partial charge in [-0.2, -0.15) is 5.10 Å². The summed E-state index contributed by atoms with van der Waals surface area (Å²) in [7, 11) is 0. The zero-order chi connectivity index (χ0) is 13.7. The van der Waals surface area contributed by atoms with E-state index in [-0.39, 0.29) is 5.54 Å². The molecule has 102 valence electrons. The fourth-order valence-electron chi connectivity index (χ4n) is 2.32. The van der Waals surface area contributed by atoms with Gasteiger partial charge in [-0.15, -0.1) is 0 Å². The zero-order valence-corrected chi connectivity index (χ0v) is 11.7. The Morgan fingerprint density at radius 3 is 2.53 bits per heavy atom. The van der Waals surface area contributed by atoms with Crippen LogP contribution in [0.4, 0.5) is 0 Å². The van der Waals surface area contributed by atoms with Gasteiger partial charge in [-0.05, 0) is 25.3 Å². The molecule has 0 amide bonds. The van der Waals surface area contributed by atoms with E-state index in [0.717, 1.165) is 31.6 Å². The van der Waals surface area contributed by atoms with E-state index in [0.29, 0.717) is 0 Å². The first kappa shape index (κ1) is 13.7. The molecule has 1 atom stereocenters. The van der Waals surface area contributed by atoms with Gasteiger partial charge in [0.1, 0.15) is 12.2 Å². The Kier molecular flexibility index (Phi) is 4.32. The second kappa shape index (κ2) is 5.97.